The van der Waals surface area contributed by atoms with Crippen LogP contribution in [0.25, 0.3) is 0 Å². The van der Waals surface area contributed by atoms with E-state index in [4.69, 9.17) is 16.3 Å². The van der Waals surface area contributed by atoms with E-state index < -0.39 is 11.7 Å². The molecule has 0 aliphatic carbocycles. The highest BCUT2D eigenvalue weighted by Crippen LogP contribution is 2.40. The first kappa shape index (κ1) is 16.4. The standard InChI is InChI=1S/C17H17ClFN3O3/c18-11-2-1-3-12(19)14(11)10-8-13(23)20-16-15(10)17(24)21-22(16)9-4-6-25-7-5-9/h1-3,9-10H,4-8H2,(H,20,23)(H,21,24)/t10-/m1/s1. The summed E-state index contributed by atoms with van der Waals surface area (Å²) in [6.45, 7) is 1.19. The number of hydrogen-bond acceptors (Lipinski definition) is 3. The third-order valence-corrected chi connectivity index (χ3v) is 5.19. The van der Waals surface area contributed by atoms with Gasteiger partial charge in [-0.15, -0.1) is 0 Å². The van der Waals surface area contributed by atoms with Crippen LogP contribution < -0.4 is 10.9 Å². The highest BCUT2D eigenvalue weighted by Gasteiger charge is 2.36. The number of aromatic nitrogens is 2. The van der Waals surface area contributed by atoms with E-state index in [1.54, 1.807) is 10.7 Å². The minimum atomic E-state index is -0.706. The van der Waals surface area contributed by atoms with Gasteiger partial charge in [-0.2, -0.15) is 0 Å². The van der Waals surface area contributed by atoms with E-state index in [0.29, 0.717) is 24.6 Å². The average molecular weight is 366 g/mol. The number of aromatic amines is 1. The Hall–Kier alpha value is -2.12. The van der Waals surface area contributed by atoms with E-state index in [-0.39, 0.29) is 34.5 Å². The van der Waals surface area contributed by atoms with Crippen LogP contribution in [0.1, 0.15) is 42.3 Å². The first-order valence-electron chi connectivity index (χ1n) is 8.22. The molecule has 1 atom stereocenters. The Bertz CT molecular complexity index is 865. The fourth-order valence-corrected chi connectivity index (χ4v) is 3.99. The van der Waals surface area contributed by atoms with Crippen LogP contribution in [-0.4, -0.2) is 28.9 Å². The zero-order valence-electron chi connectivity index (χ0n) is 13.4. The van der Waals surface area contributed by atoms with E-state index in [0.717, 1.165) is 12.8 Å². The smallest absolute Gasteiger partial charge is 0.270 e. The van der Waals surface area contributed by atoms with Crippen molar-refractivity contribution in [2.24, 2.45) is 0 Å². The van der Waals surface area contributed by atoms with Gasteiger partial charge in [0.05, 0.1) is 11.6 Å². The molecule has 0 bridgehead atoms. The number of anilines is 1. The van der Waals surface area contributed by atoms with Crippen molar-refractivity contribution in [1.82, 2.24) is 9.78 Å². The molecule has 6 nitrogen and oxygen atoms in total. The maximum atomic E-state index is 14.4. The van der Waals surface area contributed by atoms with E-state index in [1.807, 2.05) is 0 Å². The number of H-pyrrole nitrogens is 1. The Labute approximate surface area is 147 Å². The quantitative estimate of drug-likeness (QED) is 0.859. The van der Waals surface area contributed by atoms with E-state index in [2.05, 4.69) is 10.4 Å². The number of benzene rings is 1. The molecule has 2 aromatic rings. The molecule has 1 aromatic heterocycles. The summed E-state index contributed by atoms with van der Waals surface area (Å²) in [4.78, 5) is 24.9. The number of amides is 1. The highest BCUT2D eigenvalue weighted by atomic mass is 35.5. The molecule has 0 radical (unpaired) electrons. The lowest BCUT2D eigenvalue weighted by Gasteiger charge is -2.28. The summed E-state index contributed by atoms with van der Waals surface area (Å²) >= 11 is 6.18. The Morgan fingerprint density at radius 2 is 1.96 bits per heavy atom. The van der Waals surface area contributed by atoms with Crippen molar-refractivity contribution in [3.05, 3.63) is 50.5 Å². The van der Waals surface area contributed by atoms with Crippen LogP contribution in [0, 0.1) is 5.82 Å². The molecule has 1 saturated heterocycles. The van der Waals surface area contributed by atoms with Crippen LogP contribution in [0.2, 0.25) is 5.02 Å². The van der Waals surface area contributed by atoms with Crippen molar-refractivity contribution in [3.63, 3.8) is 0 Å². The summed E-state index contributed by atoms with van der Waals surface area (Å²) in [5, 5.41) is 5.79. The molecule has 132 valence electrons. The van der Waals surface area contributed by atoms with Gasteiger partial charge in [0.15, 0.2) is 0 Å². The molecule has 25 heavy (non-hydrogen) atoms. The summed E-state index contributed by atoms with van der Waals surface area (Å²) in [6.07, 6.45) is 1.45. The molecule has 1 amide bonds. The van der Waals surface area contributed by atoms with E-state index >= 15 is 0 Å². The van der Waals surface area contributed by atoms with Crippen LogP contribution in [0.15, 0.2) is 23.0 Å². The van der Waals surface area contributed by atoms with Crippen LogP contribution in [0.5, 0.6) is 0 Å². The minimum Gasteiger partial charge on any atom is -0.381 e. The van der Waals surface area contributed by atoms with Gasteiger partial charge >= 0.3 is 0 Å². The van der Waals surface area contributed by atoms with Crippen LogP contribution in [-0.2, 0) is 9.53 Å². The molecule has 1 aromatic carbocycles. The molecule has 4 rings (SSSR count). The SMILES string of the molecule is O=C1C[C@H](c2c(F)cccc2Cl)c2c(n(C3CCOCC3)[nH]c2=O)N1. The normalized spacial score (nSPS) is 21.0. The number of hydrogen-bond donors (Lipinski definition) is 2. The number of nitrogens with zero attached hydrogens (tertiary/aromatic N) is 1. The van der Waals surface area contributed by atoms with Crippen molar-refractivity contribution in [1.29, 1.82) is 0 Å². The summed E-state index contributed by atoms with van der Waals surface area (Å²) in [5.41, 5.74) is 0.222. The van der Waals surface area contributed by atoms with Gasteiger partial charge in [0, 0.05) is 36.1 Å². The molecular weight excluding hydrogens is 349 g/mol. The Morgan fingerprint density at radius 1 is 1.20 bits per heavy atom. The zero-order valence-corrected chi connectivity index (χ0v) is 14.1. The predicted molar refractivity (Wildman–Crippen MR) is 90.6 cm³/mol. The van der Waals surface area contributed by atoms with E-state index in [9.17, 15) is 14.0 Å². The van der Waals surface area contributed by atoms with Gasteiger partial charge in [0.1, 0.15) is 11.6 Å². The van der Waals surface area contributed by atoms with Crippen molar-refractivity contribution < 1.29 is 13.9 Å². The largest absolute Gasteiger partial charge is 0.381 e. The van der Waals surface area contributed by atoms with Gasteiger partial charge in [0.25, 0.3) is 5.56 Å². The number of halogens is 2. The molecule has 2 aliphatic rings. The molecule has 0 saturated carbocycles. The van der Waals surface area contributed by atoms with Crippen LogP contribution in [0.4, 0.5) is 10.2 Å². The van der Waals surface area contributed by atoms with Gasteiger partial charge in [-0.05, 0) is 25.0 Å². The fourth-order valence-electron chi connectivity index (χ4n) is 3.69. The molecule has 1 fully saturated rings. The molecule has 0 unspecified atom stereocenters. The van der Waals surface area contributed by atoms with Gasteiger partial charge < -0.3 is 10.1 Å². The second-order valence-electron chi connectivity index (χ2n) is 6.36. The van der Waals surface area contributed by atoms with Crippen molar-refractivity contribution in [2.75, 3.05) is 18.5 Å². The van der Waals surface area contributed by atoms with Crippen molar-refractivity contribution >= 4 is 23.3 Å². The van der Waals surface area contributed by atoms with E-state index in [1.165, 1.54) is 12.1 Å². The summed E-state index contributed by atoms with van der Waals surface area (Å²) in [7, 11) is 0. The highest BCUT2D eigenvalue weighted by molar-refractivity contribution is 6.31. The molecule has 2 N–H and O–H groups in total. The van der Waals surface area contributed by atoms with Gasteiger partial charge in [0.2, 0.25) is 5.91 Å². The number of ether oxygens (including phenoxy) is 1. The second kappa shape index (κ2) is 6.31. The lowest BCUT2D eigenvalue weighted by molar-refractivity contribution is -0.116. The Kier molecular flexibility index (Phi) is 4.13. The number of carbonyl (C=O) groups is 1. The van der Waals surface area contributed by atoms with Gasteiger partial charge in [-0.1, -0.05) is 17.7 Å². The number of carbonyl (C=O) groups excluding carboxylic acids is 1. The maximum absolute atomic E-state index is 14.4. The topological polar surface area (TPSA) is 76.1 Å². The second-order valence-corrected chi connectivity index (χ2v) is 6.76. The third kappa shape index (κ3) is 2.77. The van der Waals surface area contributed by atoms with Crippen molar-refractivity contribution in [3.8, 4) is 0 Å². The summed E-state index contributed by atoms with van der Waals surface area (Å²) < 4.78 is 21.4. The first-order chi connectivity index (χ1) is 12.1. The lowest BCUT2D eigenvalue weighted by Crippen LogP contribution is -2.29. The minimum absolute atomic E-state index is 0.0193. The summed E-state index contributed by atoms with van der Waals surface area (Å²) in [5.74, 6) is -1.08. The molecular formula is C17H17ClFN3O3. The Morgan fingerprint density at radius 3 is 2.68 bits per heavy atom. The van der Waals surface area contributed by atoms with Crippen LogP contribution in [0.3, 0.4) is 0 Å². The third-order valence-electron chi connectivity index (χ3n) is 4.86. The first-order valence-corrected chi connectivity index (χ1v) is 8.60. The fraction of sp³-hybridized carbons (Fsp3) is 0.412. The van der Waals surface area contributed by atoms with Crippen LogP contribution >= 0.6 is 11.6 Å². The summed E-state index contributed by atoms with van der Waals surface area (Å²) in [6, 6.07) is 4.38. The Balaban J connectivity index is 1.86. The van der Waals surface area contributed by atoms with Crippen molar-refractivity contribution in [2.45, 2.75) is 31.2 Å². The molecule has 3 heterocycles. The molecule has 8 heteroatoms. The average Bonchev–Trinajstić information content (AvgIpc) is 2.92. The number of rotatable bonds is 2. The maximum Gasteiger partial charge on any atom is 0.270 e. The lowest BCUT2D eigenvalue weighted by atomic mass is 9.86. The van der Waals surface area contributed by atoms with Gasteiger partial charge in [-0.25, -0.2) is 4.39 Å². The molecule has 0 spiro atoms. The van der Waals surface area contributed by atoms with Gasteiger partial charge in [-0.3, -0.25) is 19.4 Å². The predicted octanol–water partition coefficient (Wildman–Crippen LogP) is 2.79. The number of fused-ring (bicyclic) bond motifs is 1. The monoisotopic (exact) mass is 365 g/mol. The zero-order chi connectivity index (χ0) is 17.6. The number of nitrogens with one attached hydrogen (secondary N) is 2. The molecule has 2 aliphatic heterocycles.